The fraction of sp³-hybridized carbons (Fsp3) is 0.333. The van der Waals surface area contributed by atoms with Gasteiger partial charge in [-0.3, -0.25) is 0 Å². The lowest BCUT2D eigenvalue weighted by Gasteiger charge is -2.10. The third-order valence-corrected chi connectivity index (χ3v) is 2.90. The molecule has 1 heterocycles. The van der Waals surface area contributed by atoms with Crippen LogP contribution >= 0.6 is 0 Å². The van der Waals surface area contributed by atoms with E-state index in [4.69, 9.17) is 9.47 Å². The maximum absolute atomic E-state index is 5.36. The minimum atomic E-state index is 0.745. The number of benzene rings is 1. The van der Waals surface area contributed by atoms with Crippen molar-refractivity contribution in [1.29, 1.82) is 0 Å². The van der Waals surface area contributed by atoms with Gasteiger partial charge in [0.05, 0.1) is 19.9 Å². The summed E-state index contributed by atoms with van der Waals surface area (Å²) in [6, 6.07) is 9.44. The van der Waals surface area contributed by atoms with E-state index in [0.717, 1.165) is 41.5 Å². The van der Waals surface area contributed by atoms with Crippen LogP contribution < -0.4 is 14.8 Å². The molecule has 5 heteroatoms. The van der Waals surface area contributed by atoms with Crippen LogP contribution in [0.15, 0.2) is 30.3 Å². The largest absolute Gasteiger partial charge is 0.497 e. The summed E-state index contributed by atoms with van der Waals surface area (Å²) in [6.07, 6.45) is 1.05. The first kappa shape index (κ1) is 14.1. The Kier molecular flexibility index (Phi) is 4.76. The molecule has 20 heavy (non-hydrogen) atoms. The molecule has 0 aliphatic carbocycles. The quantitative estimate of drug-likeness (QED) is 0.876. The fourth-order valence-corrected chi connectivity index (χ4v) is 1.84. The summed E-state index contributed by atoms with van der Waals surface area (Å²) in [6.45, 7) is 2.99. The highest BCUT2D eigenvalue weighted by molar-refractivity contribution is 5.69. The van der Waals surface area contributed by atoms with E-state index in [9.17, 15) is 0 Å². The van der Waals surface area contributed by atoms with Crippen LogP contribution in [0.2, 0.25) is 0 Å². The Morgan fingerprint density at radius 3 is 2.50 bits per heavy atom. The minimum absolute atomic E-state index is 0.745. The van der Waals surface area contributed by atoms with E-state index in [1.165, 1.54) is 0 Å². The second kappa shape index (κ2) is 6.75. The lowest BCUT2D eigenvalue weighted by molar-refractivity contribution is 0.404. The second-order valence-corrected chi connectivity index (χ2v) is 4.30. The minimum Gasteiger partial charge on any atom is -0.497 e. The molecule has 0 amide bonds. The molecule has 2 aromatic rings. The zero-order chi connectivity index (χ0) is 14.4. The number of aromatic nitrogens is 2. The van der Waals surface area contributed by atoms with E-state index in [0.29, 0.717) is 0 Å². The molecule has 0 aliphatic rings. The molecule has 0 spiro atoms. The van der Waals surface area contributed by atoms with Gasteiger partial charge in [0.15, 0.2) is 0 Å². The molecule has 0 radical (unpaired) electrons. The maximum Gasteiger partial charge on any atom is 0.148 e. The molecule has 0 saturated heterocycles. The third-order valence-electron chi connectivity index (χ3n) is 2.90. The Balaban J connectivity index is 2.30. The molecule has 0 aliphatic heterocycles. The number of ether oxygens (including phenoxy) is 2. The maximum atomic E-state index is 5.36. The summed E-state index contributed by atoms with van der Waals surface area (Å²) in [5.41, 5.74) is 1.61. The van der Waals surface area contributed by atoms with Crippen molar-refractivity contribution < 1.29 is 9.47 Å². The van der Waals surface area contributed by atoms with Crippen LogP contribution in [0.1, 0.15) is 13.3 Å². The Hall–Kier alpha value is -2.30. The van der Waals surface area contributed by atoms with E-state index in [-0.39, 0.29) is 0 Å². The molecule has 2 rings (SSSR count). The highest BCUT2D eigenvalue weighted by atomic mass is 16.5. The van der Waals surface area contributed by atoms with Crippen LogP contribution in [0, 0.1) is 0 Å². The molecule has 0 unspecified atom stereocenters. The molecule has 1 aromatic carbocycles. The summed E-state index contributed by atoms with van der Waals surface area (Å²) in [5.74, 6) is 2.28. The number of nitrogens with zero attached hydrogens (tertiary/aromatic N) is 2. The monoisotopic (exact) mass is 273 g/mol. The van der Waals surface area contributed by atoms with Crippen molar-refractivity contribution in [3.8, 4) is 22.8 Å². The second-order valence-electron chi connectivity index (χ2n) is 4.30. The van der Waals surface area contributed by atoms with Gasteiger partial charge in [0, 0.05) is 12.1 Å². The van der Waals surface area contributed by atoms with E-state index >= 15 is 0 Å². The molecule has 1 aromatic heterocycles. The lowest BCUT2D eigenvalue weighted by Crippen LogP contribution is -2.03. The Morgan fingerprint density at radius 1 is 1.05 bits per heavy atom. The number of nitrogens with one attached hydrogen (secondary N) is 1. The first-order valence-corrected chi connectivity index (χ1v) is 6.58. The summed E-state index contributed by atoms with van der Waals surface area (Å²) >= 11 is 0. The van der Waals surface area contributed by atoms with Crippen molar-refractivity contribution in [2.75, 3.05) is 26.1 Å². The average molecular weight is 273 g/mol. The average Bonchev–Trinajstić information content (AvgIpc) is 2.52. The summed E-state index contributed by atoms with van der Waals surface area (Å²) < 4.78 is 10.6. The van der Waals surface area contributed by atoms with Crippen LogP contribution in [0.3, 0.4) is 0 Å². The van der Waals surface area contributed by atoms with E-state index in [1.54, 1.807) is 14.2 Å². The van der Waals surface area contributed by atoms with Gasteiger partial charge in [0.1, 0.15) is 17.3 Å². The summed E-state index contributed by atoms with van der Waals surface area (Å²) in [5, 5.41) is 11.6. The van der Waals surface area contributed by atoms with E-state index < -0.39 is 0 Å². The summed E-state index contributed by atoms with van der Waals surface area (Å²) in [7, 11) is 3.27. The normalized spacial score (nSPS) is 10.2. The van der Waals surface area contributed by atoms with Gasteiger partial charge in [0.2, 0.25) is 0 Å². The smallest absolute Gasteiger partial charge is 0.148 e. The van der Waals surface area contributed by atoms with Crippen molar-refractivity contribution in [2.45, 2.75) is 13.3 Å². The molecule has 0 saturated carbocycles. The number of hydrogen-bond donors (Lipinski definition) is 1. The lowest BCUT2D eigenvalue weighted by atomic mass is 10.1. The molecule has 106 valence electrons. The first-order valence-electron chi connectivity index (χ1n) is 6.58. The van der Waals surface area contributed by atoms with Gasteiger partial charge in [-0.05, 0) is 36.8 Å². The van der Waals surface area contributed by atoms with Crippen LogP contribution in [-0.4, -0.2) is 31.0 Å². The van der Waals surface area contributed by atoms with Crippen molar-refractivity contribution in [3.05, 3.63) is 30.3 Å². The topological polar surface area (TPSA) is 56.3 Å². The molecule has 1 N–H and O–H groups in total. The number of rotatable bonds is 6. The summed E-state index contributed by atoms with van der Waals surface area (Å²) in [4.78, 5) is 0. The number of methoxy groups -OCH3 is 2. The molecule has 0 atom stereocenters. The van der Waals surface area contributed by atoms with Crippen molar-refractivity contribution in [1.82, 2.24) is 10.2 Å². The molecule has 5 nitrogen and oxygen atoms in total. The predicted octanol–water partition coefficient (Wildman–Crippen LogP) is 2.98. The molecule has 0 bridgehead atoms. The first-order chi connectivity index (χ1) is 9.78. The van der Waals surface area contributed by atoms with Crippen molar-refractivity contribution >= 4 is 5.82 Å². The zero-order valence-electron chi connectivity index (χ0n) is 12.0. The third kappa shape index (κ3) is 3.17. The fourth-order valence-electron chi connectivity index (χ4n) is 1.84. The van der Waals surface area contributed by atoms with Crippen LogP contribution in [-0.2, 0) is 0 Å². The standard InChI is InChI=1S/C15H19N3O2/c1-4-9-16-15-8-6-13(17-18-15)12-10-11(19-2)5-7-14(12)20-3/h5-8,10H,4,9H2,1-3H3,(H,16,18). The highest BCUT2D eigenvalue weighted by Crippen LogP contribution is 2.32. The Labute approximate surface area is 118 Å². The van der Waals surface area contributed by atoms with Gasteiger partial charge in [-0.2, -0.15) is 0 Å². The van der Waals surface area contributed by atoms with E-state index in [2.05, 4.69) is 22.4 Å². The zero-order valence-corrected chi connectivity index (χ0v) is 12.0. The van der Waals surface area contributed by atoms with Crippen molar-refractivity contribution in [3.63, 3.8) is 0 Å². The molecular formula is C15H19N3O2. The Bertz CT molecular complexity index is 556. The van der Waals surface area contributed by atoms with Crippen LogP contribution in [0.25, 0.3) is 11.3 Å². The van der Waals surface area contributed by atoms with Gasteiger partial charge in [0.25, 0.3) is 0 Å². The van der Waals surface area contributed by atoms with E-state index in [1.807, 2.05) is 30.3 Å². The number of anilines is 1. The predicted molar refractivity (Wildman–Crippen MR) is 79.4 cm³/mol. The van der Waals surface area contributed by atoms with Gasteiger partial charge >= 0.3 is 0 Å². The number of hydrogen-bond acceptors (Lipinski definition) is 5. The van der Waals surface area contributed by atoms with Gasteiger partial charge in [-0.25, -0.2) is 0 Å². The van der Waals surface area contributed by atoms with Crippen molar-refractivity contribution in [2.24, 2.45) is 0 Å². The SMILES string of the molecule is CCCNc1ccc(-c2cc(OC)ccc2OC)nn1. The van der Waals surface area contributed by atoms with Crippen LogP contribution in [0.4, 0.5) is 5.82 Å². The highest BCUT2D eigenvalue weighted by Gasteiger charge is 2.09. The van der Waals surface area contributed by atoms with Gasteiger partial charge < -0.3 is 14.8 Å². The Morgan fingerprint density at radius 2 is 1.90 bits per heavy atom. The van der Waals surface area contributed by atoms with Crippen LogP contribution in [0.5, 0.6) is 11.5 Å². The van der Waals surface area contributed by atoms with Gasteiger partial charge in [-0.1, -0.05) is 6.92 Å². The molecular weight excluding hydrogens is 254 g/mol. The molecule has 0 fully saturated rings. The van der Waals surface area contributed by atoms with Gasteiger partial charge in [-0.15, -0.1) is 10.2 Å².